The number of nitrogens with zero attached hydrogens (tertiary/aromatic N) is 2. The minimum Gasteiger partial charge on any atom is -0.492 e. The Morgan fingerprint density at radius 3 is 2.63 bits per heavy atom. The largest absolute Gasteiger partial charge is 0.492 e. The van der Waals surface area contributed by atoms with Crippen molar-refractivity contribution in [3.05, 3.63) is 65.5 Å². The smallest absolute Gasteiger partial charge is 0.325 e. The van der Waals surface area contributed by atoms with E-state index in [1.807, 2.05) is 6.07 Å². The van der Waals surface area contributed by atoms with Gasteiger partial charge in [0.1, 0.15) is 23.7 Å². The van der Waals surface area contributed by atoms with Crippen LogP contribution in [0.3, 0.4) is 0 Å². The third-order valence-corrected chi connectivity index (χ3v) is 4.59. The molecule has 7 heteroatoms. The van der Waals surface area contributed by atoms with E-state index < -0.39 is 23.3 Å². The van der Waals surface area contributed by atoms with Crippen molar-refractivity contribution in [2.75, 3.05) is 13.2 Å². The van der Waals surface area contributed by atoms with Crippen LogP contribution in [-0.2, 0) is 10.3 Å². The standard InChI is InChI=1S/C20H18FN3O3/c1-2-20(15-6-8-16(21)9-7-15)18(25)24(19(26)23-20)10-11-27-17-5-3-4-14(12-17)13-22/h3-9,12H,2,10-11H2,1H3,(H,23,26)/t20-/m0/s1. The minimum atomic E-state index is -1.20. The maximum absolute atomic E-state index is 13.2. The fourth-order valence-electron chi connectivity index (χ4n) is 3.11. The first kappa shape index (κ1) is 18.4. The average Bonchev–Trinajstić information content (AvgIpc) is 2.93. The van der Waals surface area contributed by atoms with Crippen LogP contribution in [0.1, 0.15) is 24.5 Å². The number of rotatable bonds is 6. The molecule has 1 N–H and O–H groups in total. The second-order valence-electron chi connectivity index (χ2n) is 6.14. The number of imide groups is 1. The van der Waals surface area contributed by atoms with Crippen LogP contribution < -0.4 is 10.1 Å². The molecule has 1 saturated heterocycles. The molecule has 1 heterocycles. The maximum Gasteiger partial charge on any atom is 0.325 e. The highest BCUT2D eigenvalue weighted by Crippen LogP contribution is 2.32. The van der Waals surface area contributed by atoms with Crippen LogP contribution in [0, 0.1) is 17.1 Å². The predicted octanol–water partition coefficient (Wildman–Crippen LogP) is 2.93. The van der Waals surface area contributed by atoms with Crippen LogP contribution in [0.5, 0.6) is 5.75 Å². The number of hydrogen-bond donors (Lipinski definition) is 1. The van der Waals surface area contributed by atoms with Crippen LogP contribution in [-0.4, -0.2) is 30.0 Å². The Labute approximate surface area is 156 Å². The summed E-state index contributed by atoms with van der Waals surface area (Å²) >= 11 is 0. The minimum absolute atomic E-state index is 0.0599. The second-order valence-corrected chi connectivity index (χ2v) is 6.14. The van der Waals surface area contributed by atoms with Gasteiger partial charge in [-0.2, -0.15) is 5.26 Å². The van der Waals surface area contributed by atoms with Gasteiger partial charge in [-0.3, -0.25) is 9.69 Å². The average molecular weight is 367 g/mol. The summed E-state index contributed by atoms with van der Waals surface area (Å²) < 4.78 is 18.8. The first-order valence-corrected chi connectivity index (χ1v) is 8.53. The molecular weight excluding hydrogens is 349 g/mol. The fraction of sp³-hybridized carbons (Fsp3) is 0.250. The van der Waals surface area contributed by atoms with Crippen molar-refractivity contribution in [3.8, 4) is 11.8 Å². The molecule has 138 valence electrons. The lowest BCUT2D eigenvalue weighted by molar-refractivity contribution is -0.132. The molecule has 27 heavy (non-hydrogen) atoms. The first-order valence-electron chi connectivity index (χ1n) is 8.53. The monoisotopic (exact) mass is 367 g/mol. The van der Waals surface area contributed by atoms with Gasteiger partial charge in [0.25, 0.3) is 5.91 Å². The molecule has 2 aromatic carbocycles. The molecule has 2 aromatic rings. The zero-order valence-electron chi connectivity index (χ0n) is 14.7. The van der Waals surface area contributed by atoms with Gasteiger partial charge in [-0.15, -0.1) is 0 Å². The summed E-state index contributed by atoms with van der Waals surface area (Å²) in [6.07, 6.45) is 0.338. The lowest BCUT2D eigenvalue weighted by Crippen LogP contribution is -2.43. The Bertz CT molecular complexity index is 907. The number of nitriles is 1. The zero-order valence-corrected chi connectivity index (χ0v) is 14.7. The summed E-state index contributed by atoms with van der Waals surface area (Å²) in [5, 5.41) is 11.6. The Morgan fingerprint density at radius 1 is 1.22 bits per heavy atom. The van der Waals surface area contributed by atoms with Gasteiger partial charge in [0, 0.05) is 0 Å². The van der Waals surface area contributed by atoms with E-state index in [9.17, 15) is 14.0 Å². The van der Waals surface area contributed by atoms with Crippen molar-refractivity contribution >= 4 is 11.9 Å². The number of hydrogen-bond acceptors (Lipinski definition) is 4. The summed E-state index contributed by atoms with van der Waals surface area (Å²) in [5.41, 5.74) is -0.204. The SMILES string of the molecule is CC[C@@]1(c2ccc(F)cc2)NC(=O)N(CCOc2cccc(C#N)c2)C1=O. The molecule has 1 aliphatic heterocycles. The Kier molecular flexibility index (Phi) is 5.08. The maximum atomic E-state index is 13.2. The second kappa shape index (κ2) is 7.46. The number of ether oxygens (including phenoxy) is 1. The summed E-state index contributed by atoms with van der Waals surface area (Å²) in [6.45, 7) is 1.94. The van der Waals surface area contributed by atoms with E-state index in [4.69, 9.17) is 10.00 Å². The van der Waals surface area contributed by atoms with Crippen LogP contribution in [0.25, 0.3) is 0 Å². The number of carbonyl (C=O) groups is 2. The van der Waals surface area contributed by atoms with Crippen molar-refractivity contribution in [2.24, 2.45) is 0 Å². The lowest BCUT2D eigenvalue weighted by Gasteiger charge is -2.25. The van der Waals surface area contributed by atoms with Gasteiger partial charge in [0.05, 0.1) is 18.2 Å². The molecule has 1 aliphatic rings. The highest BCUT2D eigenvalue weighted by molar-refractivity contribution is 6.07. The number of halogens is 1. The van der Waals surface area contributed by atoms with Gasteiger partial charge < -0.3 is 10.1 Å². The summed E-state index contributed by atoms with van der Waals surface area (Å²) in [5.74, 6) is -0.316. The molecule has 0 aliphatic carbocycles. The predicted molar refractivity (Wildman–Crippen MR) is 95.3 cm³/mol. The van der Waals surface area contributed by atoms with Crippen molar-refractivity contribution in [1.82, 2.24) is 10.2 Å². The van der Waals surface area contributed by atoms with E-state index in [0.29, 0.717) is 23.3 Å². The number of benzene rings is 2. The number of nitrogens with one attached hydrogen (secondary N) is 1. The number of urea groups is 1. The number of carbonyl (C=O) groups excluding carboxylic acids is 2. The van der Waals surface area contributed by atoms with Gasteiger partial charge in [-0.25, -0.2) is 9.18 Å². The topological polar surface area (TPSA) is 82.4 Å². The molecule has 0 bridgehead atoms. The highest BCUT2D eigenvalue weighted by atomic mass is 19.1. The van der Waals surface area contributed by atoms with E-state index in [1.54, 1.807) is 31.2 Å². The van der Waals surface area contributed by atoms with Crippen molar-refractivity contribution in [3.63, 3.8) is 0 Å². The van der Waals surface area contributed by atoms with Gasteiger partial charge in [-0.1, -0.05) is 25.1 Å². The fourth-order valence-corrected chi connectivity index (χ4v) is 3.11. The molecule has 1 atom stereocenters. The van der Waals surface area contributed by atoms with E-state index in [0.717, 1.165) is 4.90 Å². The molecule has 0 spiro atoms. The van der Waals surface area contributed by atoms with Gasteiger partial charge >= 0.3 is 6.03 Å². The van der Waals surface area contributed by atoms with Crippen LogP contribution in [0.15, 0.2) is 48.5 Å². The van der Waals surface area contributed by atoms with Gasteiger partial charge in [0.2, 0.25) is 0 Å². The van der Waals surface area contributed by atoms with Crippen molar-refractivity contribution in [2.45, 2.75) is 18.9 Å². The third-order valence-electron chi connectivity index (χ3n) is 4.59. The van der Waals surface area contributed by atoms with Gasteiger partial charge in [0.15, 0.2) is 0 Å². The van der Waals surface area contributed by atoms with Crippen LogP contribution >= 0.6 is 0 Å². The molecule has 1 fully saturated rings. The van der Waals surface area contributed by atoms with Crippen LogP contribution in [0.4, 0.5) is 9.18 Å². The van der Waals surface area contributed by atoms with E-state index >= 15 is 0 Å². The van der Waals surface area contributed by atoms with E-state index in [-0.39, 0.29) is 13.2 Å². The molecule has 0 saturated carbocycles. The number of amides is 3. The summed E-state index contributed by atoms with van der Waals surface area (Å²) in [6, 6.07) is 13.7. The zero-order chi connectivity index (χ0) is 19.4. The van der Waals surface area contributed by atoms with E-state index in [1.165, 1.54) is 24.3 Å². The van der Waals surface area contributed by atoms with Gasteiger partial charge in [-0.05, 0) is 42.3 Å². The Hall–Kier alpha value is -3.40. The molecule has 0 radical (unpaired) electrons. The molecule has 0 unspecified atom stereocenters. The Balaban J connectivity index is 1.71. The Morgan fingerprint density at radius 2 is 1.96 bits per heavy atom. The quantitative estimate of drug-likeness (QED) is 0.796. The molecular formula is C20H18FN3O3. The first-order chi connectivity index (χ1) is 13.0. The lowest BCUT2D eigenvalue weighted by atomic mass is 9.87. The van der Waals surface area contributed by atoms with Crippen molar-refractivity contribution < 1.29 is 18.7 Å². The van der Waals surface area contributed by atoms with E-state index in [2.05, 4.69) is 5.32 Å². The highest BCUT2D eigenvalue weighted by Gasteiger charge is 2.51. The third kappa shape index (κ3) is 3.47. The molecule has 3 rings (SSSR count). The normalized spacial score (nSPS) is 18.9. The molecule has 3 amide bonds. The molecule has 0 aromatic heterocycles. The molecule has 6 nitrogen and oxygen atoms in total. The summed E-state index contributed by atoms with van der Waals surface area (Å²) in [4.78, 5) is 26.4. The van der Waals surface area contributed by atoms with Crippen LogP contribution in [0.2, 0.25) is 0 Å². The summed E-state index contributed by atoms with van der Waals surface area (Å²) in [7, 11) is 0. The van der Waals surface area contributed by atoms with Crippen molar-refractivity contribution in [1.29, 1.82) is 5.26 Å².